The zero-order valence-corrected chi connectivity index (χ0v) is 25.5. The SMILES string of the molecule is COC(=O)[C@@H]1C[C@@H]2CN1C(=O)[C@H](C1CCCC1)NC(=O)O[C@@H]1CCC[C@H]1CCC/C=C/Cn1c(cc3ccccc3c1=O)O2. The number of fused-ring (bicyclic) bond motifs is 5. The van der Waals surface area contributed by atoms with E-state index in [0.717, 1.165) is 69.6 Å². The molecule has 5 atom stereocenters. The zero-order chi connectivity index (χ0) is 30.6. The number of pyridine rings is 1. The number of hydrogen-bond acceptors (Lipinski definition) is 7. The molecule has 1 saturated heterocycles. The van der Waals surface area contributed by atoms with Gasteiger partial charge < -0.3 is 24.4 Å². The monoisotopic (exact) mass is 605 g/mol. The molecule has 10 nitrogen and oxygen atoms in total. The third-order valence-electron chi connectivity index (χ3n) is 9.95. The van der Waals surface area contributed by atoms with Gasteiger partial charge in [-0.15, -0.1) is 0 Å². The smallest absolute Gasteiger partial charge is 0.408 e. The summed E-state index contributed by atoms with van der Waals surface area (Å²) in [6.07, 6.45) is 12.2. The maximum absolute atomic E-state index is 14.2. The Morgan fingerprint density at radius 2 is 1.70 bits per heavy atom. The van der Waals surface area contributed by atoms with E-state index < -0.39 is 30.3 Å². The molecule has 1 aromatic carbocycles. The number of nitrogens with zero attached hydrogens (tertiary/aromatic N) is 2. The Hall–Kier alpha value is -3.82. The minimum Gasteiger partial charge on any atom is -0.473 e. The van der Waals surface area contributed by atoms with Crippen LogP contribution in [0.5, 0.6) is 5.88 Å². The molecule has 0 radical (unpaired) electrons. The van der Waals surface area contributed by atoms with Crippen LogP contribution in [0.1, 0.15) is 70.6 Å². The molecule has 2 amide bonds. The third-order valence-corrected chi connectivity index (χ3v) is 9.95. The van der Waals surface area contributed by atoms with E-state index in [9.17, 15) is 19.2 Å². The van der Waals surface area contributed by atoms with Crippen LogP contribution in [0.15, 0.2) is 47.3 Å². The van der Waals surface area contributed by atoms with E-state index in [1.807, 2.05) is 36.4 Å². The number of methoxy groups -OCH3 is 1. The first kappa shape index (κ1) is 30.2. The van der Waals surface area contributed by atoms with Crippen molar-refractivity contribution in [2.75, 3.05) is 13.7 Å². The molecule has 2 aliphatic heterocycles. The lowest BCUT2D eigenvalue weighted by Crippen LogP contribution is -2.55. The van der Waals surface area contributed by atoms with E-state index in [-0.39, 0.29) is 42.4 Å². The van der Waals surface area contributed by atoms with Crippen LogP contribution in [-0.2, 0) is 25.6 Å². The fourth-order valence-corrected chi connectivity index (χ4v) is 7.63. The summed E-state index contributed by atoms with van der Waals surface area (Å²) in [4.78, 5) is 55.6. The first-order chi connectivity index (χ1) is 21.4. The van der Waals surface area contributed by atoms with Crippen LogP contribution in [-0.4, -0.2) is 65.4 Å². The summed E-state index contributed by atoms with van der Waals surface area (Å²) in [6, 6.07) is 7.58. The minimum absolute atomic E-state index is 0.0430. The van der Waals surface area contributed by atoms with Gasteiger partial charge in [0.15, 0.2) is 5.88 Å². The van der Waals surface area contributed by atoms with E-state index in [2.05, 4.69) is 11.4 Å². The van der Waals surface area contributed by atoms with Crippen molar-refractivity contribution in [3.8, 4) is 5.88 Å². The summed E-state index contributed by atoms with van der Waals surface area (Å²) in [5, 5.41) is 4.30. The van der Waals surface area contributed by atoms with E-state index >= 15 is 0 Å². The van der Waals surface area contributed by atoms with Crippen LogP contribution < -0.4 is 15.6 Å². The third kappa shape index (κ3) is 6.35. The number of carbonyl (C=O) groups excluding carboxylic acids is 3. The lowest BCUT2D eigenvalue weighted by molar-refractivity contribution is -0.152. The molecule has 10 heteroatoms. The summed E-state index contributed by atoms with van der Waals surface area (Å²) in [6.45, 7) is 0.465. The molecule has 2 saturated carbocycles. The lowest BCUT2D eigenvalue weighted by atomic mass is 9.96. The van der Waals surface area contributed by atoms with E-state index in [1.54, 1.807) is 4.57 Å². The van der Waals surface area contributed by atoms with Crippen LogP contribution in [0.2, 0.25) is 0 Å². The summed E-state index contributed by atoms with van der Waals surface area (Å²) in [5.41, 5.74) is -0.154. The maximum atomic E-state index is 14.2. The van der Waals surface area contributed by atoms with Crippen LogP contribution >= 0.6 is 0 Å². The molecule has 0 spiro atoms. The Balaban J connectivity index is 1.36. The fourth-order valence-electron chi connectivity index (χ4n) is 7.63. The van der Waals surface area contributed by atoms with Crippen molar-refractivity contribution < 1.29 is 28.6 Å². The number of carbonyl (C=O) groups is 3. The van der Waals surface area contributed by atoms with E-state index in [0.29, 0.717) is 17.8 Å². The Morgan fingerprint density at radius 1 is 0.932 bits per heavy atom. The summed E-state index contributed by atoms with van der Waals surface area (Å²) >= 11 is 0. The summed E-state index contributed by atoms with van der Waals surface area (Å²) in [5.74, 6) is -0.231. The highest BCUT2D eigenvalue weighted by Gasteiger charge is 2.46. The molecule has 1 N–H and O–H groups in total. The fraction of sp³-hybridized carbons (Fsp3) is 0.588. The number of aromatic nitrogens is 1. The topological polar surface area (TPSA) is 116 Å². The Morgan fingerprint density at radius 3 is 2.52 bits per heavy atom. The molecule has 2 bridgehead atoms. The molecule has 1 aromatic heterocycles. The van der Waals surface area contributed by atoms with E-state index in [1.165, 1.54) is 12.0 Å². The van der Waals surface area contributed by atoms with Crippen LogP contribution in [0.25, 0.3) is 10.8 Å². The van der Waals surface area contributed by atoms with Gasteiger partial charge in [0, 0.05) is 24.4 Å². The molecule has 236 valence electrons. The largest absolute Gasteiger partial charge is 0.473 e. The highest BCUT2D eigenvalue weighted by Crippen LogP contribution is 2.34. The predicted octanol–water partition coefficient (Wildman–Crippen LogP) is 4.72. The van der Waals surface area contributed by atoms with Crippen LogP contribution in [0.3, 0.4) is 0 Å². The molecular formula is C34H43N3O7. The number of alkyl carbamates (subject to hydrolysis) is 1. The summed E-state index contributed by atoms with van der Waals surface area (Å²) < 4.78 is 19.1. The average Bonchev–Trinajstić information content (AvgIpc) is 3.80. The van der Waals surface area contributed by atoms with Gasteiger partial charge in [0.25, 0.3) is 5.56 Å². The quantitative estimate of drug-likeness (QED) is 0.389. The molecule has 2 aliphatic carbocycles. The average molecular weight is 606 g/mol. The Labute approximate surface area is 257 Å². The van der Waals surface area contributed by atoms with Crippen molar-refractivity contribution in [3.63, 3.8) is 0 Å². The Kier molecular flexibility index (Phi) is 9.23. The first-order valence-corrected chi connectivity index (χ1v) is 16.2. The van der Waals surface area contributed by atoms with Crippen molar-refractivity contribution in [1.29, 1.82) is 0 Å². The second kappa shape index (κ2) is 13.4. The molecule has 0 unspecified atom stereocenters. The number of allylic oxidation sites excluding steroid dienone is 2. The van der Waals surface area contributed by atoms with Gasteiger partial charge in [-0.3, -0.25) is 14.2 Å². The van der Waals surface area contributed by atoms with Crippen molar-refractivity contribution in [2.24, 2.45) is 11.8 Å². The second-order valence-electron chi connectivity index (χ2n) is 12.7. The normalized spacial score (nSPS) is 29.4. The maximum Gasteiger partial charge on any atom is 0.408 e. The standard InChI is InChI=1S/C34H43N3O7/c1-42-33(40)27-20-25-21-37(27)32(39)30(23-12-5-6-13-23)35-34(41)44-28-17-10-15-22(28)11-4-2-3-9-18-36-29(43-25)19-24-14-7-8-16-26(24)31(36)38/h3,7-9,14,16,19,22-23,25,27-28,30H,2,4-6,10-13,15,17-18,20-21H2,1H3,(H,35,41)/b9-3+/t22-,25-,27+,28-,30+/m1/s1. The number of nitrogens with one attached hydrogen (secondary N) is 1. The van der Waals surface area contributed by atoms with Crippen LogP contribution in [0, 0.1) is 11.8 Å². The molecule has 4 aliphatic rings. The molecule has 44 heavy (non-hydrogen) atoms. The van der Waals surface area contributed by atoms with E-state index in [4.69, 9.17) is 14.2 Å². The molecule has 2 aromatic rings. The van der Waals surface area contributed by atoms with Gasteiger partial charge in [0.1, 0.15) is 24.3 Å². The van der Waals surface area contributed by atoms with Crippen molar-refractivity contribution >= 4 is 28.7 Å². The number of ether oxygens (including phenoxy) is 3. The van der Waals surface area contributed by atoms with Gasteiger partial charge in [-0.2, -0.15) is 0 Å². The highest BCUT2D eigenvalue weighted by molar-refractivity contribution is 5.90. The number of hydrogen-bond donors (Lipinski definition) is 1. The highest BCUT2D eigenvalue weighted by atomic mass is 16.6. The van der Waals surface area contributed by atoms with Crippen LogP contribution in [0.4, 0.5) is 4.79 Å². The summed E-state index contributed by atoms with van der Waals surface area (Å²) in [7, 11) is 1.30. The predicted molar refractivity (Wildman–Crippen MR) is 164 cm³/mol. The van der Waals surface area contributed by atoms with Gasteiger partial charge in [-0.25, -0.2) is 9.59 Å². The van der Waals surface area contributed by atoms with Gasteiger partial charge in [0.05, 0.1) is 13.7 Å². The van der Waals surface area contributed by atoms with Crippen molar-refractivity contribution in [2.45, 2.75) is 101 Å². The minimum atomic E-state index is -0.871. The molecule has 6 rings (SSSR count). The van der Waals surface area contributed by atoms with Crippen molar-refractivity contribution in [1.82, 2.24) is 14.8 Å². The Bertz CT molecular complexity index is 1460. The first-order valence-electron chi connectivity index (χ1n) is 16.2. The zero-order valence-electron chi connectivity index (χ0n) is 25.5. The van der Waals surface area contributed by atoms with Gasteiger partial charge >= 0.3 is 12.1 Å². The van der Waals surface area contributed by atoms with Crippen molar-refractivity contribution in [3.05, 3.63) is 52.8 Å². The number of esters is 1. The van der Waals surface area contributed by atoms with Gasteiger partial charge in [0.2, 0.25) is 5.91 Å². The molecule has 3 heterocycles. The lowest BCUT2D eigenvalue weighted by Gasteiger charge is -2.31. The molecule has 3 fully saturated rings. The van der Waals surface area contributed by atoms with Gasteiger partial charge in [-0.1, -0.05) is 43.2 Å². The number of amides is 2. The molecular weight excluding hydrogens is 562 g/mol. The number of rotatable bonds is 2. The van der Waals surface area contributed by atoms with Gasteiger partial charge in [-0.05, 0) is 74.7 Å². The second-order valence-corrected chi connectivity index (χ2v) is 12.7. The number of benzene rings is 1.